The van der Waals surface area contributed by atoms with E-state index in [0.717, 1.165) is 29.3 Å². The van der Waals surface area contributed by atoms with Crippen LogP contribution in [0.5, 0.6) is 5.75 Å². The Morgan fingerprint density at radius 3 is 2.75 bits per heavy atom. The van der Waals surface area contributed by atoms with Crippen molar-refractivity contribution in [3.8, 4) is 5.75 Å². The van der Waals surface area contributed by atoms with E-state index < -0.39 is 0 Å². The molecular weight excluding hydrogens is 346 g/mol. The van der Waals surface area contributed by atoms with E-state index in [4.69, 9.17) is 16.3 Å². The maximum absolute atomic E-state index is 12.8. The molecule has 24 heavy (non-hydrogen) atoms. The van der Waals surface area contributed by atoms with Crippen LogP contribution < -0.4 is 4.74 Å². The zero-order valence-corrected chi connectivity index (χ0v) is 15.4. The number of aryl methyl sites for hydroxylation is 1. The van der Waals surface area contributed by atoms with Crippen molar-refractivity contribution in [3.05, 3.63) is 38.8 Å². The predicted molar refractivity (Wildman–Crippen MR) is 95.2 cm³/mol. The molecule has 1 aliphatic heterocycles. The first-order chi connectivity index (χ1) is 11.6. The van der Waals surface area contributed by atoms with Crippen molar-refractivity contribution in [2.45, 2.75) is 32.1 Å². The summed E-state index contributed by atoms with van der Waals surface area (Å²) in [5.41, 5.74) is 0.521. The summed E-state index contributed by atoms with van der Waals surface area (Å²) < 4.78 is 5.30. The fraction of sp³-hybridized carbons (Fsp3) is 0.471. The molecule has 128 valence electrons. The molecule has 5 nitrogen and oxygen atoms in total. The first-order valence-corrected chi connectivity index (χ1v) is 9.27. The summed E-state index contributed by atoms with van der Waals surface area (Å²) in [6.07, 6.45) is 2.74. The molecule has 0 atom stereocenters. The van der Waals surface area contributed by atoms with Gasteiger partial charge in [0.25, 0.3) is 5.91 Å². The third-order valence-corrected chi connectivity index (χ3v) is 5.77. The summed E-state index contributed by atoms with van der Waals surface area (Å²) in [5.74, 6) is 0.927. The van der Waals surface area contributed by atoms with Gasteiger partial charge in [-0.15, -0.1) is 21.5 Å². The zero-order chi connectivity index (χ0) is 17.1. The van der Waals surface area contributed by atoms with Crippen LogP contribution in [0.3, 0.4) is 0 Å². The predicted octanol–water partition coefficient (Wildman–Crippen LogP) is 3.78. The number of amides is 1. The van der Waals surface area contributed by atoms with Gasteiger partial charge in [0.1, 0.15) is 15.8 Å². The minimum absolute atomic E-state index is 0.0284. The first kappa shape index (κ1) is 17.2. The molecular formula is C17H20ClN3O2S. The van der Waals surface area contributed by atoms with Crippen molar-refractivity contribution in [2.75, 3.05) is 20.2 Å². The summed E-state index contributed by atoms with van der Waals surface area (Å²) in [5, 5.41) is 11.2. The van der Waals surface area contributed by atoms with Crippen LogP contribution in [0.15, 0.2) is 18.2 Å². The number of hydrogen-bond donors (Lipinski definition) is 0. The Morgan fingerprint density at radius 1 is 1.38 bits per heavy atom. The van der Waals surface area contributed by atoms with Crippen LogP contribution in [0.4, 0.5) is 0 Å². The number of carbonyl (C=O) groups is 1. The number of likely N-dealkylation sites (tertiary alicyclic amines) is 1. The summed E-state index contributed by atoms with van der Waals surface area (Å²) in [6.45, 7) is 3.50. The molecule has 3 rings (SSSR count). The quantitative estimate of drug-likeness (QED) is 0.827. The Hall–Kier alpha value is -1.66. The molecule has 0 bridgehead atoms. The number of ether oxygens (including phenoxy) is 1. The lowest BCUT2D eigenvalue weighted by molar-refractivity contribution is 0.0709. The highest BCUT2D eigenvalue weighted by atomic mass is 35.5. The average Bonchev–Trinajstić information content (AvgIpc) is 3.10. The molecule has 7 heteroatoms. The Balaban J connectivity index is 1.68. The standard InChI is InChI=1S/C17H20ClN3O2S/c1-3-15-19-20-16(24-15)11-6-8-21(9-7-11)17(22)13-10-12(18)4-5-14(13)23-2/h4-5,10-11H,3,6-9H2,1-2H3. The monoisotopic (exact) mass is 365 g/mol. The van der Waals surface area contributed by atoms with Crippen LogP contribution in [0.25, 0.3) is 0 Å². The lowest BCUT2D eigenvalue weighted by Crippen LogP contribution is -2.38. The fourth-order valence-electron chi connectivity index (χ4n) is 2.92. The van der Waals surface area contributed by atoms with Gasteiger partial charge in [-0.2, -0.15) is 0 Å². The number of halogens is 1. The molecule has 0 saturated carbocycles. The Morgan fingerprint density at radius 2 is 2.12 bits per heavy atom. The van der Waals surface area contributed by atoms with Gasteiger partial charge in [-0.3, -0.25) is 4.79 Å². The molecule has 0 unspecified atom stereocenters. The van der Waals surface area contributed by atoms with E-state index >= 15 is 0 Å². The van der Waals surface area contributed by atoms with Gasteiger partial charge in [0.05, 0.1) is 12.7 Å². The highest BCUT2D eigenvalue weighted by Gasteiger charge is 2.28. The summed E-state index contributed by atoms with van der Waals surface area (Å²) in [6, 6.07) is 5.13. The number of benzene rings is 1. The maximum atomic E-state index is 12.8. The largest absolute Gasteiger partial charge is 0.496 e. The average molecular weight is 366 g/mol. The molecule has 1 aromatic carbocycles. The number of hydrogen-bond acceptors (Lipinski definition) is 5. The van der Waals surface area contributed by atoms with E-state index in [9.17, 15) is 4.79 Å². The Bertz CT molecular complexity index is 726. The second kappa shape index (κ2) is 7.49. The molecule has 1 amide bonds. The Kier molecular flexibility index (Phi) is 5.36. The third-order valence-electron chi connectivity index (χ3n) is 4.31. The number of nitrogens with zero attached hydrogens (tertiary/aromatic N) is 3. The van der Waals surface area contributed by atoms with Crippen LogP contribution in [-0.2, 0) is 6.42 Å². The smallest absolute Gasteiger partial charge is 0.257 e. The highest BCUT2D eigenvalue weighted by molar-refractivity contribution is 7.11. The molecule has 0 radical (unpaired) electrons. The van der Waals surface area contributed by atoms with Crippen molar-refractivity contribution in [1.29, 1.82) is 0 Å². The van der Waals surface area contributed by atoms with Gasteiger partial charge in [0.15, 0.2) is 0 Å². The van der Waals surface area contributed by atoms with E-state index in [1.54, 1.807) is 36.6 Å². The topological polar surface area (TPSA) is 55.3 Å². The third kappa shape index (κ3) is 3.54. The van der Waals surface area contributed by atoms with Crippen LogP contribution in [0, 0.1) is 0 Å². The van der Waals surface area contributed by atoms with Crippen LogP contribution in [-0.4, -0.2) is 41.2 Å². The van der Waals surface area contributed by atoms with Gasteiger partial charge < -0.3 is 9.64 Å². The van der Waals surface area contributed by atoms with Crippen molar-refractivity contribution in [1.82, 2.24) is 15.1 Å². The first-order valence-electron chi connectivity index (χ1n) is 8.07. The SMILES string of the molecule is CCc1nnc(C2CCN(C(=O)c3cc(Cl)ccc3OC)CC2)s1. The van der Waals surface area contributed by atoms with Gasteiger partial charge in [-0.05, 0) is 37.5 Å². The Labute approximate surface area is 150 Å². The number of piperidine rings is 1. The molecule has 0 N–H and O–H groups in total. The summed E-state index contributed by atoms with van der Waals surface area (Å²) in [4.78, 5) is 14.7. The van der Waals surface area contributed by atoms with Crippen molar-refractivity contribution in [3.63, 3.8) is 0 Å². The molecule has 2 aromatic rings. The second-order valence-electron chi connectivity index (χ2n) is 5.80. The fourth-order valence-corrected chi connectivity index (χ4v) is 4.05. The molecule has 0 spiro atoms. The van der Waals surface area contributed by atoms with Crippen LogP contribution in [0.2, 0.25) is 5.02 Å². The lowest BCUT2D eigenvalue weighted by Gasteiger charge is -2.31. The molecule has 0 aliphatic carbocycles. The molecule has 2 heterocycles. The summed E-state index contributed by atoms with van der Waals surface area (Å²) >= 11 is 7.73. The van der Waals surface area contributed by atoms with E-state index in [1.165, 1.54) is 0 Å². The molecule has 1 aliphatic rings. The van der Waals surface area contributed by atoms with Crippen molar-refractivity contribution in [2.24, 2.45) is 0 Å². The number of carbonyl (C=O) groups excluding carboxylic acids is 1. The zero-order valence-electron chi connectivity index (χ0n) is 13.8. The van der Waals surface area contributed by atoms with Gasteiger partial charge in [0.2, 0.25) is 0 Å². The minimum atomic E-state index is -0.0284. The van der Waals surface area contributed by atoms with Gasteiger partial charge in [-0.25, -0.2) is 0 Å². The van der Waals surface area contributed by atoms with Gasteiger partial charge in [-0.1, -0.05) is 18.5 Å². The number of rotatable bonds is 4. The van der Waals surface area contributed by atoms with Crippen molar-refractivity contribution < 1.29 is 9.53 Å². The number of aromatic nitrogens is 2. The molecule has 1 saturated heterocycles. The van der Waals surface area contributed by atoms with Gasteiger partial charge in [0, 0.05) is 24.0 Å². The molecule has 1 aromatic heterocycles. The van der Waals surface area contributed by atoms with Gasteiger partial charge >= 0.3 is 0 Å². The minimum Gasteiger partial charge on any atom is -0.496 e. The highest BCUT2D eigenvalue weighted by Crippen LogP contribution is 2.32. The lowest BCUT2D eigenvalue weighted by atomic mass is 9.97. The maximum Gasteiger partial charge on any atom is 0.257 e. The van der Waals surface area contributed by atoms with E-state index in [1.807, 2.05) is 4.90 Å². The van der Waals surface area contributed by atoms with Crippen molar-refractivity contribution >= 4 is 28.8 Å². The second-order valence-corrected chi connectivity index (χ2v) is 7.33. The van der Waals surface area contributed by atoms with Crippen LogP contribution in [0.1, 0.15) is 46.1 Å². The van der Waals surface area contributed by atoms with E-state index in [0.29, 0.717) is 35.3 Å². The normalized spacial score (nSPS) is 15.5. The van der Waals surface area contributed by atoms with E-state index in [2.05, 4.69) is 17.1 Å². The summed E-state index contributed by atoms with van der Waals surface area (Å²) in [7, 11) is 1.56. The number of methoxy groups -OCH3 is 1. The van der Waals surface area contributed by atoms with E-state index in [-0.39, 0.29) is 5.91 Å². The van der Waals surface area contributed by atoms with Crippen LogP contribution >= 0.6 is 22.9 Å². The molecule has 1 fully saturated rings.